The molecule has 0 aliphatic rings. The summed E-state index contributed by atoms with van der Waals surface area (Å²) in [6, 6.07) is 2.97. The smallest absolute Gasteiger partial charge is 0.309 e. The second-order valence-corrected chi connectivity index (χ2v) is 7.71. The van der Waals surface area contributed by atoms with Crippen LogP contribution in [0, 0.1) is 0 Å². The van der Waals surface area contributed by atoms with E-state index in [1.807, 2.05) is 0 Å². The van der Waals surface area contributed by atoms with Crippen LogP contribution >= 0.6 is 69.8 Å². The molecule has 0 atom stereocenters. The SMILES string of the molecule is Nc1c(SC(F)(Cl)Cl)cnn1-c1c(Cl)cc(Cl)cc1Cl. The normalized spacial score (nSPS) is 11.9. The van der Waals surface area contributed by atoms with E-state index in [0.29, 0.717) is 22.5 Å². The van der Waals surface area contributed by atoms with E-state index in [0.717, 1.165) is 0 Å². The Balaban J connectivity index is 2.50. The predicted molar refractivity (Wildman–Crippen MR) is 84.4 cm³/mol. The van der Waals surface area contributed by atoms with Gasteiger partial charge in [0.2, 0.25) is 0 Å². The molecule has 0 fully saturated rings. The second kappa shape index (κ2) is 5.99. The number of hydrogen-bond donors (Lipinski definition) is 1. The van der Waals surface area contributed by atoms with Gasteiger partial charge in [-0.2, -0.15) is 9.49 Å². The summed E-state index contributed by atoms with van der Waals surface area (Å²) in [7, 11) is 0. The number of nitrogen functional groups attached to an aromatic ring is 1. The van der Waals surface area contributed by atoms with E-state index in [2.05, 4.69) is 5.10 Å². The Morgan fingerprint density at radius 3 is 2.25 bits per heavy atom. The third kappa shape index (κ3) is 3.59. The van der Waals surface area contributed by atoms with Gasteiger partial charge >= 0.3 is 3.92 Å². The topological polar surface area (TPSA) is 43.8 Å². The maximum Gasteiger partial charge on any atom is 0.309 e. The van der Waals surface area contributed by atoms with E-state index < -0.39 is 3.92 Å². The molecular formula is C10H5Cl5FN3S. The first kappa shape index (κ1) is 16.3. The van der Waals surface area contributed by atoms with Crippen LogP contribution in [0.1, 0.15) is 0 Å². The lowest BCUT2D eigenvalue weighted by atomic mass is 10.3. The Morgan fingerprint density at radius 1 is 1.20 bits per heavy atom. The van der Waals surface area contributed by atoms with Crippen LogP contribution in [0.25, 0.3) is 5.69 Å². The summed E-state index contributed by atoms with van der Waals surface area (Å²) >= 11 is 29.0. The molecule has 0 aliphatic carbocycles. The minimum Gasteiger partial charge on any atom is -0.383 e. The molecule has 3 nitrogen and oxygen atoms in total. The number of nitrogens with two attached hydrogens (primary N) is 1. The van der Waals surface area contributed by atoms with Crippen molar-refractivity contribution in [1.82, 2.24) is 9.78 Å². The van der Waals surface area contributed by atoms with Crippen molar-refractivity contribution in [2.75, 3.05) is 5.73 Å². The van der Waals surface area contributed by atoms with Crippen molar-refractivity contribution in [2.45, 2.75) is 8.81 Å². The van der Waals surface area contributed by atoms with Gasteiger partial charge in [-0.25, -0.2) is 4.68 Å². The zero-order chi connectivity index (χ0) is 15.1. The monoisotopic (exact) mass is 393 g/mol. The van der Waals surface area contributed by atoms with Crippen molar-refractivity contribution in [3.8, 4) is 5.69 Å². The van der Waals surface area contributed by atoms with Crippen molar-refractivity contribution < 1.29 is 4.39 Å². The number of aromatic nitrogens is 2. The molecule has 0 saturated heterocycles. The number of thioether (sulfide) groups is 1. The van der Waals surface area contributed by atoms with Crippen LogP contribution in [0.3, 0.4) is 0 Å². The maximum atomic E-state index is 13.2. The lowest BCUT2D eigenvalue weighted by Crippen LogP contribution is -2.04. The summed E-state index contributed by atoms with van der Waals surface area (Å²) in [4.78, 5) is 0.250. The van der Waals surface area contributed by atoms with Gasteiger partial charge < -0.3 is 5.73 Å². The fourth-order valence-electron chi connectivity index (χ4n) is 1.46. The first-order valence-corrected chi connectivity index (χ1v) is 7.64. The molecule has 1 aromatic heterocycles. The number of nitrogens with zero attached hydrogens (tertiary/aromatic N) is 2. The molecule has 20 heavy (non-hydrogen) atoms. The summed E-state index contributed by atoms with van der Waals surface area (Å²) < 4.78 is 11.9. The Hall–Kier alpha value is -0.0400. The van der Waals surface area contributed by atoms with Gasteiger partial charge in [0, 0.05) is 5.02 Å². The van der Waals surface area contributed by atoms with E-state index in [9.17, 15) is 4.39 Å². The van der Waals surface area contributed by atoms with Crippen LogP contribution in [0.15, 0.2) is 23.2 Å². The number of rotatable bonds is 3. The van der Waals surface area contributed by atoms with E-state index in [4.69, 9.17) is 63.7 Å². The van der Waals surface area contributed by atoms with Gasteiger partial charge in [0.1, 0.15) is 11.5 Å². The molecule has 1 heterocycles. The Morgan fingerprint density at radius 2 is 1.75 bits per heavy atom. The number of halogens is 6. The maximum absolute atomic E-state index is 13.2. The summed E-state index contributed by atoms with van der Waals surface area (Å²) in [6.07, 6.45) is 1.31. The fourth-order valence-corrected chi connectivity index (χ4v) is 3.48. The second-order valence-electron chi connectivity index (χ2n) is 3.57. The number of hydrogen-bond acceptors (Lipinski definition) is 3. The Bertz CT molecular complexity index is 632. The Labute approximate surface area is 143 Å². The molecule has 0 amide bonds. The summed E-state index contributed by atoms with van der Waals surface area (Å²) in [5, 5.41) is 4.86. The van der Waals surface area contributed by atoms with Gasteiger partial charge in [-0.05, 0) is 23.9 Å². The molecule has 2 N–H and O–H groups in total. The lowest BCUT2D eigenvalue weighted by molar-refractivity contribution is 0.516. The molecule has 1 aromatic carbocycles. The quantitative estimate of drug-likeness (QED) is 0.546. The van der Waals surface area contributed by atoms with Crippen LogP contribution in [0.2, 0.25) is 15.1 Å². The molecule has 0 aliphatic heterocycles. The molecule has 2 aromatic rings. The highest BCUT2D eigenvalue weighted by Gasteiger charge is 2.27. The minimum atomic E-state index is -2.52. The molecule has 0 radical (unpaired) electrons. The van der Waals surface area contributed by atoms with E-state index in [1.165, 1.54) is 23.0 Å². The standard InChI is InChI=1S/C10H5Cl5FN3S/c11-4-1-5(12)8(6(13)2-4)19-9(17)7(3-18-19)20-10(14,15)16/h1-3H,17H2. The van der Waals surface area contributed by atoms with Crippen molar-refractivity contribution >= 4 is 75.6 Å². The van der Waals surface area contributed by atoms with Gasteiger partial charge in [-0.15, -0.1) is 0 Å². The average Bonchev–Trinajstić information content (AvgIpc) is 2.58. The largest absolute Gasteiger partial charge is 0.383 e. The predicted octanol–water partition coefficient (Wildman–Crippen LogP) is 5.57. The molecular weight excluding hydrogens is 390 g/mol. The van der Waals surface area contributed by atoms with Gasteiger partial charge in [0.25, 0.3) is 0 Å². The van der Waals surface area contributed by atoms with E-state index in [-0.39, 0.29) is 20.8 Å². The van der Waals surface area contributed by atoms with E-state index in [1.54, 1.807) is 0 Å². The molecule has 0 saturated carbocycles. The van der Waals surface area contributed by atoms with E-state index >= 15 is 0 Å². The van der Waals surface area contributed by atoms with Crippen LogP contribution < -0.4 is 5.73 Å². The van der Waals surface area contributed by atoms with Gasteiger partial charge in [0.15, 0.2) is 0 Å². The fraction of sp³-hybridized carbons (Fsp3) is 0.100. The van der Waals surface area contributed by atoms with Crippen LogP contribution in [-0.4, -0.2) is 13.7 Å². The van der Waals surface area contributed by atoms with Crippen LogP contribution in [0.5, 0.6) is 0 Å². The first-order valence-electron chi connectivity index (χ1n) is 4.93. The summed E-state index contributed by atoms with van der Waals surface area (Å²) in [5.41, 5.74) is 6.19. The highest BCUT2D eigenvalue weighted by Crippen LogP contribution is 2.44. The molecule has 0 spiro atoms. The number of anilines is 1. The molecule has 2 rings (SSSR count). The molecule has 0 unspecified atom stereocenters. The third-order valence-corrected chi connectivity index (χ3v) is 4.21. The van der Waals surface area contributed by atoms with Crippen molar-refractivity contribution in [3.05, 3.63) is 33.4 Å². The van der Waals surface area contributed by atoms with Crippen molar-refractivity contribution in [1.29, 1.82) is 0 Å². The van der Waals surface area contributed by atoms with Crippen LogP contribution in [0.4, 0.5) is 10.2 Å². The molecule has 10 heteroatoms. The Kier molecular flexibility index (Phi) is 4.89. The number of alkyl halides is 3. The molecule has 108 valence electrons. The zero-order valence-corrected chi connectivity index (χ0v) is 14.0. The lowest BCUT2D eigenvalue weighted by Gasteiger charge is -2.11. The highest BCUT2D eigenvalue weighted by atomic mass is 35.5. The molecule has 0 bridgehead atoms. The first-order chi connectivity index (χ1) is 9.19. The van der Waals surface area contributed by atoms with Gasteiger partial charge in [-0.3, -0.25) is 0 Å². The number of benzene rings is 1. The summed E-state index contributed by atoms with van der Waals surface area (Å²) in [6.45, 7) is 0. The van der Waals surface area contributed by atoms with Crippen molar-refractivity contribution in [2.24, 2.45) is 0 Å². The zero-order valence-electron chi connectivity index (χ0n) is 9.38. The highest BCUT2D eigenvalue weighted by molar-refractivity contribution is 8.03. The third-order valence-electron chi connectivity index (χ3n) is 2.19. The van der Waals surface area contributed by atoms with Crippen LogP contribution in [-0.2, 0) is 0 Å². The van der Waals surface area contributed by atoms with Gasteiger partial charge in [0.05, 0.1) is 21.1 Å². The average molecular weight is 396 g/mol. The van der Waals surface area contributed by atoms with Gasteiger partial charge in [-0.1, -0.05) is 58.0 Å². The minimum absolute atomic E-state index is 0.101. The van der Waals surface area contributed by atoms with Crippen molar-refractivity contribution in [3.63, 3.8) is 0 Å². The summed E-state index contributed by atoms with van der Waals surface area (Å²) in [5.74, 6) is 0.101.